The van der Waals surface area contributed by atoms with Gasteiger partial charge >= 0.3 is 0 Å². The van der Waals surface area contributed by atoms with E-state index in [9.17, 15) is 0 Å². The zero-order valence-electron chi connectivity index (χ0n) is 14.2. The van der Waals surface area contributed by atoms with Crippen LogP contribution in [-0.2, 0) is 13.5 Å². The second kappa shape index (κ2) is 6.60. The summed E-state index contributed by atoms with van der Waals surface area (Å²) in [5.41, 5.74) is 10.7. The van der Waals surface area contributed by atoms with E-state index in [0.717, 1.165) is 24.1 Å². The quantitative estimate of drug-likeness (QED) is 0.715. The number of fused-ring (bicyclic) bond motifs is 1. The maximum absolute atomic E-state index is 6.29. The second-order valence-corrected chi connectivity index (χ2v) is 6.43. The summed E-state index contributed by atoms with van der Waals surface area (Å²) in [6.45, 7) is 0. The number of hydrogen-bond donors (Lipinski definition) is 2. The molecule has 1 aliphatic rings. The number of nitrogens with zero attached hydrogens (tertiary/aromatic N) is 5. The van der Waals surface area contributed by atoms with Gasteiger partial charge in [-0.3, -0.25) is 4.68 Å². The normalized spacial score (nSPS) is 17.0. The molecular weight excluding hydrogens is 314 g/mol. The van der Waals surface area contributed by atoms with Crippen LogP contribution in [0.25, 0.3) is 11.4 Å². The Morgan fingerprint density at radius 2 is 2.16 bits per heavy atom. The minimum Gasteiger partial charge on any atom is -0.324 e. The molecule has 2 aromatic heterocycles. The van der Waals surface area contributed by atoms with E-state index in [0.29, 0.717) is 11.8 Å². The van der Waals surface area contributed by atoms with Crippen LogP contribution in [0.5, 0.6) is 0 Å². The molecule has 3 aromatic rings. The predicted octanol–water partition coefficient (Wildman–Crippen LogP) is 2.74. The first-order valence-corrected chi connectivity index (χ1v) is 8.52. The van der Waals surface area contributed by atoms with Gasteiger partial charge < -0.3 is 11.1 Å². The van der Waals surface area contributed by atoms with Crippen LogP contribution in [0.4, 0.5) is 11.6 Å². The van der Waals surface area contributed by atoms with Crippen molar-refractivity contribution in [3.05, 3.63) is 48.0 Å². The lowest BCUT2D eigenvalue weighted by Gasteiger charge is -2.13. The summed E-state index contributed by atoms with van der Waals surface area (Å²) < 4.78 is 1.72. The zero-order valence-corrected chi connectivity index (χ0v) is 14.2. The van der Waals surface area contributed by atoms with Gasteiger partial charge in [0, 0.05) is 24.8 Å². The van der Waals surface area contributed by atoms with Gasteiger partial charge in [0.05, 0.1) is 11.9 Å². The number of aromatic nitrogens is 5. The van der Waals surface area contributed by atoms with Gasteiger partial charge in [-0.15, -0.1) is 0 Å². The molecule has 0 bridgehead atoms. The van der Waals surface area contributed by atoms with Crippen molar-refractivity contribution in [1.82, 2.24) is 24.7 Å². The van der Waals surface area contributed by atoms with Gasteiger partial charge in [0.2, 0.25) is 5.95 Å². The number of rotatable bonds is 3. The van der Waals surface area contributed by atoms with Gasteiger partial charge in [-0.05, 0) is 36.5 Å². The molecule has 2 heterocycles. The van der Waals surface area contributed by atoms with E-state index in [1.54, 1.807) is 10.9 Å². The number of nitrogens with two attached hydrogens (primary N) is 1. The Kier molecular flexibility index (Phi) is 4.15. The number of nitrogens with one attached hydrogen (secondary N) is 1. The Hall–Kier alpha value is -2.80. The lowest BCUT2D eigenvalue weighted by atomic mass is 9.97. The van der Waals surface area contributed by atoms with E-state index in [1.165, 1.54) is 30.3 Å². The summed E-state index contributed by atoms with van der Waals surface area (Å²) in [6, 6.07) is 6.47. The third-order valence-corrected chi connectivity index (χ3v) is 4.54. The van der Waals surface area contributed by atoms with Crippen molar-refractivity contribution in [2.24, 2.45) is 12.8 Å². The SMILES string of the molecule is Cn1cc(Nc2ncnc(-c3ccc4c(c3)CCCCC4N)n2)cn1. The molecule has 0 amide bonds. The highest BCUT2D eigenvalue weighted by Crippen LogP contribution is 2.30. The molecule has 3 N–H and O–H groups in total. The molecule has 25 heavy (non-hydrogen) atoms. The van der Waals surface area contributed by atoms with Crippen molar-refractivity contribution in [2.75, 3.05) is 5.32 Å². The molecule has 1 aliphatic carbocycles. The lowest BCUT2D eigenvalue weighted by Crippen LogP contribution is -2.10. The standard InChI is InChI=1S/C18H21N7/c1-25-10-14(9-22-25)23-18-21-11-20-17(24-18)13-6-7-15-12(8-13)4-2-3-5-16(15)19/h6-11,16H,2-5,19H2,1H3,(H,20,21,23,24). The van der Waals surface area contributed by atoms with Crippen LogP contribution >= 0.6 is 0 Å². The Morgan fingerprint density at radius 1 is 1.24 bits per heavy atom. The first-order valence-electron chi connectivity index (χ1n) is 8.52. The monoisotopic (exact) mass is 335 g/mol. The highest BCUT2D eigenvalue weighted by Gasteiger charge is 2.16. The molecule has 1 unspecified atom stereocenters. The van der Waals surface area contributed by atoms with Crippen molar-refractivity contribution >= 4 is 11.6 Å². The Labute approximate surface area is 146 Å². The number of aryl methyl sites for hydroxylation is 2. The average molecular weight is 335 g/mol. The molecule has 128 valence electrons. The van der Waals surface area contributed by atoms with Gasteiger partial charge in [0.25, 0.3) is 0 Å². The predicted molar refractivity (Wildman–Crippen MR) is 96.2 cm³/mol. The topological polar surface area (TPSA) is 94.5 Å². The van der Waals surface area contributed by atoms with Crippen LogP contribution in [0.15, 0.2) is 36.9 Å². The van der Waals surface area contributed by atoms with Crippen LogP contribution in [0.2, 0.25) is 0 Å². The first kappa shape index (κ1) is 15.7. The molecule has 0 spiro atoms. The summed E-state index contributed by atoms with van der Waals surface area (Å²) in [7, 11) is 1.87. The molecule has 0 fully saturated rings. The van der Waals surface area contributed by atoms with Crippen molar-refractivity contribution in [3.8, 4) is 11.4 Å². The van der Waals surface area contributed by atoms with Crippen molar-refractivity contribution in [3.63, 3.8) is 0 Å². The fourth-order valence-electron chi connectivity index (χ4n) is 3.27. The van der Waals surface area contributed by atoms with E-state index in [-0.39, 0.29) is 6.04 Å². The molecule has 0 saturated carbocycles. The maximum Gasteiger partial charge on any atom is 0.230 e. The molecule has 0 aliphatic heterocycles. The largest absolute Gasteiger partial charge is 0.324 e. The highest BCUT2D eigenvalue weighted by atomic mass is 15.3. The smallest absolute Gasteiger partial charge is 0.230 e. The minimum absolute atomic E-state index is 0.132. The number of hydrogen-bond acceptors (Lipinski definition) is 6. The van der Waals surface area contributed by atoms with Crippen molar-refractivity contribution < 1.29 is 0 Å². The van der Waals surface area contributed by atoms with Crippen molar-refractivity contribution in [1.29, 1.82) is 0 Å². The van der Waals surface area contributed by atoms with Gasteiger partial charge in [-0.1, -0.05) is 18.6 Å². The van der Waals surface area contributed by atoms with Gasteiger partial charge in [0.15, 0.2) is 5.82 Å². The highest BCUT2D eigenvalue weighted by molar-refractivity contribution is 5.60. The van der Waals surface area contributed by atoms with E-state index >= 15 is 0 Å². The molecule has 7 heteroatoms. The van der Waals surface area contributed by atoms with Gasteiger partial charge in [0.1, 0.15) is 6.33 Å². The summed E-state index contributed by atoms with van der Waals surface area (Å²) in [6.07, 6.45) is 9.59. The fraction of sp³-hybridized carbons (Fsp3) is 0.333. The average Bonchev–Trinajstić information content (AvgIpc) is 2.93. The first-order chi connectivity index (χ1) is 12.2. The van der Waals surface area contributed by atoms with E-state index in [1.807, 2.05) is 19.3 Å². The Morgan fingerprint density at radius 3 is 3.00 bits per heavy atom. The van der Waals surface area contributed by atoms with Crippen LogP contribution in [0.1, 0.15) is 36.4 Å². The molecule has 0 saturated heterocycles. The van der Waals surface area contributed by atoms with Crippen LogP contribution in [0, 0.1) is 0 Å². The second-order valence-electron chi connectivity index (χ2n) is 6.43. The summed E-state index contributed by atoms with van der Waals surface area (Å²) in [5, 5.41) is 7.28. The summed E-state index contributed by atoms with van der Waals surface area (Å²) in [4.78, 5) is 13.1. The summed E-state index contributed by atoms with van der Waals surface area (Å²) >= 11 is 0. The molecular formula is C18H21N7. The molecule has 0 radical (unpaired) electrons. The summed E-state index contributed by atoms with van der Waals surface area (Å²) in [5.74, 6) is 1.16. The Balaban J connectivity index is 1.63. The van der Waals surface area contributed by atoms with E-state index in [2.05, 4.69) is 37.5 Å². The fourth-order valence-corrected chi connectivity index (χ4v) is 3.27. The molecule has 1 atom stereocenters. The lowest BCUT2D eigenvalue weighted by molar-refractivity contribution is 0.615. The molecule has 1 aromatic carbocycles. The molecule has 4 rings (SSSR count). The zero-order chi connectivity index (χ0) is 17.2. The van der Waals surface area contributed by atoms with E-state index < -0.39 is 0 Å². The Bertz CT molecular complexity index is 887. The van der Waals surface area contributed by atoms with Crippen LogP contribution in [0.3, 0.4) is 0 Å². The number of benzene rings is 1. The van der Waals surface area contributed by atoms with Crippen LogP contribution in [-0.4, -0.2) is 24.7 Å². The van der Waals surface area contributed by atoms with Crippen LogP contribution < -0.4 is 11.1 Å². The number of anilines is 2. The third-order valence-electron chi connectivity index (χ3n) is 4.54. The van der Waals surface area contributed by atoms with E-state index in [4.69, 9.17) is 5.73 Å². The van der Waals surface area contributed by atoms with Gasteiger partial charge in [-0.25, -0.2) is 9.97 Å². The maximum atomic E-state index is 6.29. The minimum atomic E-state index is 0.132. The van der Waals surface area contributed by atoms with Gasteiger partial charge in [-0.2, -0.15) is 10.1 Å². The van der Waals surface area contributed by atoms with Crippen molar-refractivity contribution in [2.45, 2.75) is 31.7 Å². The molecule has 7 nitrogen and oxygen atoms in total. The third kappa shape index (κ3) is 3.36.